The van der Waals surface area contributed by atoms with Gasteiger partial charge in [-0.3, -0.25) is 4.79 Å². The molecule has 4 N–H and O–H groups in total. The molecule has 0 radical (unpaired) electrons. The number of rotatable bonds is 2. The van der Waals surface area contributed by atoms with Crippen molar-refractivity contribution >= 4 is 5.91 Å². The van der Waals surface area contributed by atoms with E-state index in [1.165, 1.54) is 18.2 Å². The number of benzene rings is 1. The molecule has 1 amide bonds. The van der Waals surface area contributed by atoms with E-state index in [0.29, 0.717) is 12.8 Å². The van der Waals surface area contributed by atoms with Gasteiger partial charge in [0.2, 0.25) is 0 Å². The highest BCUT2D eigenvalue weighted by molar-refractivity contribution is 5.99. The minimum atomic E-state index is -0.570. The number of phenolic OH excluding ortho intramolecular Hbond substituents is 2. The van der Waals surface area contributed by atoms with Crippen LogP contribution < -0.4 is 5.32 Å². The Hall–Kier alpha value is -1.75. The second-order valence-corrected chi connectivity index (χ2v) is 4.96. The second-order valence-electron chi connectivity index (χ2n) is 4.96. The first kappa shape index (κ1) is 13.7. The number of amides is 1. The van der Waals surface area contributed by atoms with E-state index in [0.717, 1.165) is 19.3 Å². The van der Waals surface area contributed by atoms with Crippen LogP contribution in [0.5, 0.6) is 11.5 Å². The first-order chi connectivity index (χ1) is 9.09. The van der Waals surface area contributed by atoms with Crippen LogP contribution in [0, 0.1) is 0 Å². The SMILES string of the molecule is O=C(NC1CCCCCC1O)c1c(O)cccc1O. The van der Waals surface area contributed by atoms with Crippen molar-refractivity contribution in [3.8, 4) is 11.5 Å². The van der Waals surface area contributed by atoms with Crippen LogP contribution in [-0.2, 0) is 0 Å². The van der Waals surface area contributed by atoms with Crippen LogP contribution in [0.2, 0.25) is 0 Å². The molecule has 0 heterocycles. The highest BCUT2D eigenvalue weighted by Crippen LogP contribution is 2.27. The third-order valence-electron chi connectivity index (χ3n) is 3.54. The van der Waals surface area contributed by atoms with Gasteiger partial charge in [0, 0.05) is 0 Å². The molecule has 5 nitrogen and oxygen atoms in total. The normalized spacial score (nSPS) is 23.6. The summed E-state index contributed by atoms with van der Waals surface area (Å²) in [4.78, 5) is 12.1. The van der Waals surface area contributed by atoms with Gasteiger partial charge in [0.15, 0.2) is 0 Å². The Balaban J connectivity index is 2.12. The quantitative estimate of drug-likeness (QED) is 0.610. The van der Waals surface area contributed by atoms with E-state index in [1.54, 1.807) is 0 Å². The van der Waals surface area contributed by atoms with Gasteiger partial charge >= 0.3 is 0 Å². The molecule has 1 aromatic rings. The molecule has 0 bridgehead atoms. The number of hydrogen-bond acceptors (Lipinski definition) is 4. The topological polar surface area (TPSA) is 89.8 Å². The van der Waals surface area contributed by atoms with Gasteiger partial charge in [-0.2, -0.15) is 0 Å². The number of nitrogens with one attached hydrogen (secondary N) is 1. The zero-order chi connectivity index (χ0) is 13.8. The van der Waals surface area contributed by atoms with Crippen LogP contribution in [-0.4, -0.2) is 33.4 Å². The molecule has 0 saturated heterocycles. The summed E-state index contributed by atoms with van der Waals surface area (Å²) in [5, 5.41) is 31.9. The van der Waals surface area contributed by atoms with Crippen LogP contribution in [0.25, 0.3) is 0 Å². The van der Waals surface area contributed by atoms with Gasteiger partial charge < -0.3 is 20.6 Å². The third kappa shape index (κ3) is 3.17. The van der Waals surface area contributed by atoms with Crippen LogP contribution in [0.1, 0.15) is 42.5 Å². The summed E-state index contributed by atoms with van der Waals surface area (Å²) in [7, 11) is 0. The molecule has 2 unspecified atom stereocenters. The number of carbonyl (C=O) groups is 1. The summed E-state index contributed by atoms with van der Waals surface area (Å²) in [6, 6.07) is 3.83. The van der Waals surface area contributed by atoms with E-state index in [2.05, 4.69) is 5.32 Å². The zero-order valence-corrected chi connectivity index (χ0v) is 10.7. The Kier molecular flexibility index (Phi) is 4.27. The number of aliphatic hydroxyl groups excluding tert-OH is 1. The second kappa shape index (κ2) is 5.93. The molecular formula is C14H19NO4. The van der Waals surface area contributed by atoms with Gasteiger partial charge in [0.1, 0.15) is 17.1 Å². The zero-order valence-electron chi connectivity index (χ0n) is 10.7. The molecule has 1 aliphatic carbocycles. The van der Waals surface area contributed by atoms with Crippen molar-refractivity contribution < 1.29 is 20.1 Å². The summed E-state index contributed by atoms with van der Waals surface area (Å²) in [5.41, 5.74) is -0.140. The Morgan fingerprint density at radius 1 is 1.11 bits per heavy atom. The predicted octanol–water partition coefficient (Wildman–Crippen LogP) is 1.52. The van der Waals surface area contributed by atoms with Crippen LogP contribution in [0.15, 0.2) is 18.2 Å². The monoisotopic (exact) mass is 265 g/mol. The molecule has 1 aliphatic rings. The number of aliphatic hydroxyl groups is 1. The van der Waals surface area contributed by atoms with Crippen molar-refractivity contribution in [1.82, 2.24) is 5.32 Å². The first-order valence-corrected chi connectivity index (χ1v) is 6.59. The highest BCUT2D eigenvalue weighted by Gasteiger charge is 2.25. The van der Waals surface area contributed by atoms with Gasteiger partial charge in [-0.05, 0) is 25.0 Å². The maximum absolute atomic E-state index is 12.1. The molecule has 2 atom stereocenters. The number of carbonyl (C=O) groups excluding carboxylic acids is 1. The van der Waals surface area contributed by atoms with Crippen LogP contribution in [0.4, 0.5) is 0 Å². The third-order valence-corrected chi connectivity index (χ3v) is 3.54. The minimum Gasteiger partial charge on any atom is -0.507 e. The molecule has 104 valence electrons. The van der Waals surface area contributed by atoms with Crippen molar-refractivity contribution in [1.29, 1.82) is 0 Å². The van der Waals surface area contributed by atoms with E-state index in [9.17, 15) is 20.1 Å². The van der Waals surface area contributed by atoms with E-state index in [-0.39, 0.29) is 23.1 Å². The molecule has 0 spiro atoms. The van der Waals surface area contributed by atoms with Crippen molar-refractivity contribution in [3.05, 3.63) is 23.8 Å². The average molecular weight is 265 g/mol. The molecule has 1 aromatic carbocycles. The summed E-state index contributed by atoms with van der Waals surface area (Å²) in [6.45, 7) is 0. The van der Waals surface area contributed by atoms with Crippen molar-refractivity contribution in [2.45, 2.75) is 44.2 Å². The van der Waals surface area contributed by atoms with Crippen LogP contribution in [0.3, 0.4) is 0 Å². The summed E-state index contributed by atoms with van der Waals surface area (Å²) in [6.07, 6.45) is 3.76. The van der Waals surface area contributed by atoms with Gasteiger partial charge in [0.05, 0.1) is 12.1 Å². The van der Waals surface area contributed by atoms with Gasteiger partial charge in [0.25, 0.3) is 5.91 Å². The predicted molar refractivity (Wildman–Crippen MR) is 70.1 cm³/mol. The fourth-order valence-corrected chi connectivity index (χ4v) is 2.46. The van der Waals surface area contributed by atoms with Crippen molar-refractivity contribution in [2.24, 2.45) is 0 Å². The van der Waals surface area contributed by atoms with Crippen LogP contribution >= 0.6 is 0 Å². The number of aromatic hydroxyl groups is 2. The Morgan fingerprint density at radius 3 is 2.42 bits per heavy atom. The van der Waals surface area contributed by atoms with Crippen molar-refractivity contribution in [3.63, 3.8) is 0 Å². The van der Waals surface area contributed by atoms with E-state index < -0.39 is 12.0 Å². The largest absolute Gasteiger partial charge is 0.507 e. The smallest absolute Gasteiger partial charge is 0.259 e. The first-order valence-electron chi connectivity index (χ1n) is 6.59. The number of hydrogen-bond donors (Lipinski definition) is 4. The maximum atomic E-state index is 12.1. The molecule has 1 saturated carbocycles. The Morgan fingerprint density at radius 2 is 1.74 bits per heavy atom. The van der Waals surface area contributed by atoms with E-state index in [1.807, 2.05) is 0 Å². The summed E-state index contributed by atoms with van der Waals surface area (Å²) < 4.78 is 0. The Labute approximate surface area is 111 Å². The lowest BCUT2D eigenvalue weighted by atomic mass is 10.0. The molecule has 0 aliphatic heterocycles. The molecule has 1 fully saturated rings. The van der Waals surface area contributed by atoms with Gasteiger partial charge in [-0.15, -0.1) is 0 Å². The summed E-state index contributed by atoms with van der Waals surface area (Å²) >= 11 is 0. The van der Waals surface area contributed by atoms with Gasteiger partial charge in [-0.25, -0.2) is 0 Å². The summed E-state index contributed by atoms with van der Waals surface area (Å²) in [5.74, 6) is -1.08. The Bertz CT molecular complexity index is 441. The maximum Gasteiger partial charge on any atom is 0.259 e. The van der Waals surface area contributed by atoms with Crippen molar-refractivity contribution in [2.75, 3.05) is 0 Å². The molecule has 0 aromatic heterocycles. The molecule has 5 heteroatoms. The number of phenols is 2. The molecular weight excluding hydrogens is 246 g/mol. The highest BCUT2D eigenvalue weighted by atomic mass is 16.3. The van der Waals surface area contributed by atoms with Gasteiger partial charge in [-0.1, -0.05) is 25.3 Å². The fraction of sp³-hybridized carbons (Fsp3) is 0.500. The van der Waals surface area contributed by atoms with E-state index >= 15 is 0 Å². The molecule has 19 heavy (non-hydrogen) atoms. The lowest BCUT2D eigenvalue weighted by molar-refractivity contribution is 0.0814. The standard InChI is InChI=1S/C14H19NO4/c16-10-6-3-1-2-5-9(10)15-14(19)13-11(17)7-4-8-12(13)18/h4,7-10,16-18H,1-3,5-6H2,(H,15,19). The average Bonchev–Trinajstić information content (AvgIpc) is 2.55. The van der Waals surface area contributed by atoms with E-state index in [4.69, 9.17) is 0 Å². The molecule has 2 rings (SSSR count). The lowest BCUT2D eigenvalue weighted by Gasteiger charge is -2.22. The minimum absolute atomic E-state index is 0.140. The fourth-order valence-electron chi connectivity index (χ4n) is 2.46. The lowest BCUT2D eigenvalue weighted by Crippen LogP contribution is -2.42.